The van der Waals surface area contributed by atoms with Gasteiger partial charge in [0.1, 0.15) is 0 Å². The molecule has 1 amide bonds. The van der Waals surface area contributed by atoms with Crippen molar-refractivity contribution in [3.63, 3.8) is 0 Å². The third kappa shape index (κ3) is 4.18. The second-order valence-corrected chi connectivity index (χ2v) is 7.87. The van der Waals surface area contributed by atoms with Gasteiger partial charge in [0.25, 0.3) is 0 Å². The Morgan fingerprint density at radius 2 is 1.97 bits per heavy atom. The van der Waals surface area contributed by atoms with Gasteiger partial charge in [-0.25, -0.2) is 4.39 Å². The Morgan fingerprint density at radius 3 is 2.53 bits per heavy atom. The fourth-order valence-electron chi connectivity index (χ4n) is 3.76. The van der Waals surface area contributed by atoms with E-state index in [1.807, 2.05) is 0 Å². The molecule has 1 aromatic rings. The summed E-state index contributed by atoms with van der Waals surface area (Å²) in [5.41, 5.74) is -2.31. The zero-order chi connectivity index (χ0) is 22.1. The highest BCUT2D eigenvalue weighted by Gasteiger charge is 2.65. The first-order chi connectivity index (χ1) is 14.1. The number of hydrogen-bond donors (Lipinski definition) is 1. The molecule has 1 heterocycles. The minimum absolute atomic E-state index is 0.115. The standard InChI is InChI=1S/C22H22ClF4NO2/c1-2-18-15(12-16-13-19(24)21(16,30)22(25,26)27)5-3-4-10-28(18)20(29)11-14-6-8-17(23)9-7-14/h2,6-9,12-13,19,30H,3-5,10-11H2,1H3/b15-12-,18-2+. The molecule has 1 saturated heterocycles. The number of aliphatic hydroxyl groups is 1. The van der Waals surface area contributed by atoms with Crippen LogP contribution in [0.2, 0.25) is 5.02 Å². The summed E-state index contributed by atoms with van der Waals surface area (Å²) in [5.74, 6) is -0.199. The molecule has 2 aliphatic rings. The van der Waals surface area contributed by atoms with Crippen molar-refractivity contribution in [2.75, 3.05) is 6.54 Å². The van der Waals surface area contributed by atoms with Gasteiger partial charge in [-0.3, -0.25) is 4.79 Å². The Morgan fingerprint density at radius 1 is 1.30 bits per heavy atom. The van der Waals surface area contributed by atoms with Crippen LogP contribution in [-0.2, 0) is 11.2 Å². The smallest absolute Gasteiger partial charge is 0.374 e. The third-order valence-electron chi connectivity index (χ3n) is 5.47. The van der Waals surface area contributed by atoms with Crippen molar-refractivity contribution in [1.29, 1.82) is 0 Å². The van der Waals surface area contributed by atoms with E-state index in [-0.39, 0.29) is 12.3 Å². The maximum Gasteiger partial charge on any atom is 0.424 e. The monoisotopic (exact) mass is 443 g/mol. The van der Waals surface area contributed by atoms with Gasteiger partial charge in [-0.2, -0.15) is 13.2 Å². The van der Waals surface area contributed by atoms with Crippen LogP contribution in [0.15, 0.2) is 59.3 Å². The third-order valence-corrected chi connectivity index (χ3v) is 5.72. The minimum Gasteiger partial charge on any atom is -0.374 e. The summed E-state index contributed by atoms with van der Waals surface area (Å²) < 4.78 is 53.3. The molecule has 2 unspecified atom stereocenters. The van der Waals surface area contributed by atoms with Crippen LogP contribution < -0.4 is 0 Å². The number of rotatable bonds is 3. The predicted molar refractivity (Wildman–Crippen MR) is 107 cm³/mol. The van der Waals surface area contributed by atoms with E-state index in [1.165, 1.54) is 6.08 Å². The molecule has 0 spiro atoms. The Bertz CT molecular complexity index is 905. The lowest BCUT2D eigenvalue weighted by molar-refractivity contribution is -0.265. The summed E-state index contributed by atoms with van der Waals surface area (Å²) in [4.78, 5) is 14.5. The summed E-state index contributed by atoms with van der Waals surface area (Å²) in [6.07, 6.45) is -2.16. The SMILES string of the molecule is C/C=C1\C(=C/C2=CC(F)C2(O)C(F)(F)F)CCCCN1C(=O)Cc1ccc(Cl)cc1. The van der Waals surface area contributed by atoms with E-state index in [1.54, 1.807) is 42.2 Å². The van der Waals surface area contributed by atoms with Crippen molar-refractivity contribution >= 4 is 17.5 Å². The summed E-state index contributed by atoms with van der Waals surface area (Å²) >= 11 is 5.87. The second kappa shape index (κ2) is 8.55. The average Bonchev–Trinajstić information content (AvgIpc) is 2.90. The molecule has 1 N–H and O–H groups in total. The molecular weight excluding hydrogens is 422 g/mol. The van der Waals surface area contributed by atoms with Gasteiger partial charge in [-0.15, -0.1) is 0 Å². The van der Waals surface area contributed by atoms with Crippen LogP contribution in [0.1, 0.15) is 31.7 Å². The summed E-state index contributed by atoms with van der Waals surface area (Å²) in [6, 6.07) is 6.86. The molecule has 1 aliphatic carbocycles. The minimum atomic E-state index is -5.13. The molecule has 1 aromatic carbocycles. The quantitative estimate of drug-likeness (QED) is 0.644. The van der Waals surface area contributed by atoms with Gasteiger partial charge in [0.05, 0.1) is 6.42 Å². The molecule has 0 aromatic heterocycles. The van der Waals surface area contributed by atoms with Crippen molar-refractivity contribution in [2.24, 2.45) is 0 Å². The van der Waals surface area contributed by atoms with Gasteiger partial charge in [-0.1, -0.05) is 35.9 Å². The fraction of sp³-hybridized carbons (Fsp3) is 0.409. The van der Waals surface area contributed by atoms with Crippen molar-refractivity contribution < 1.29 is 27.5 Å². The van der Waals surface area contributed by atoms with E-state index in [9.17, 15) is 27.5 Å². The van der Waals surface area contributed by atoms with Crippen LogP contribution in [0.4, 0.5) is 17.6 Å². The zero-order valence-electron chi connectivity index (χ0n) is 16.3. The molecule has 0 saturated carbocycles. The number of nitrogens with zero attached hydrogens (tertiary/aromatic N) is 1. The Hall–Kier alpha value is -2.12. The van der Waals surface area contributed by atoms with E-state index in [4.69, 9.17) is 11.6 Å². The number of alkyl halides is 4. The largest absolute Gasteiger partial charge is 0.424 e. The van der Waals surface area contributed by atoms with Crippen LogP contribution in [0.25, 0.3) is 0 Å². The molecule has 8 heteroatoms. The summed E-state index contributed by atoms with van der Waals surface area (Å²) in [5, 5.41) is 10.5. The number of likely N-dealkylation sites (tertiary alicyclic amines) is 1. The molecule has 0 radical (unpaired) electrons. The zero-order valence-corrected chi connectivity index (χ0v) is 17.1. The molecule has 1 fully saturated rings. The lowest BCUT2D eigenvalue weighted by Gasteiger charge is -2.40. The normalized spacial score (nSPS) is 27.6. The lowest BCUT2D eigenvalue weighted by atomic mass is 9.76. The second-order valence-electron chi connectivity index (χ2n) is 7.44. The van der Waals surface area contributed by atoms with Crippen LogP contribution >= 0.6 is 11.6 Å². The van der Waals surface area contributed by atoms with E-state index in [0.717, 1.165) is 11.6 Å². The molecule has 3 rings (SSSR count). The van der Waals surface area contributed by atoms with E-state index in [0.29, 0.717) is 42.1 Å². The first kappa shape index (κ1) is 22.6. The topological polar surface area (TPSA) is 40.5 Å². The number of allylic oxidation sites excluding steroid dienone is 2. The highest BCUT2D eigenvalue weighted by Crippen LogP contribution is 2.48. The van der Waals surface area contributed by atoms with E-state index < -0.39 is 23.5 Å². The van der Waals surface area contributed by atoms with Crippen molar-refractivity contribution in [3.8, 4) is 0 Å². The van der Waals surface area contributed by atoms with Crippen LogP contribution in [-0.4, -0.2) is 40.4 Å². The van der Waals surface area contributed by atoms with E-state index >= 15 is 0 Å². The predicted octanol–water partition coefficient (Wildman–Crippen LogP) is 5.30. The summed E-state index contributed by atoms with van der Waals surface area (Å²) in [6.45, 7) is 2.12. The van der Waals surface area contributed by atoms with Crippen molar-refractivity contribution in [3.05, 3.63) is 69.9 Å². The Balaban J connectivity index is 1.88. The summed E-state index contributed by atoms with van der Waals surface area (Å²) in [7, 11) is 0. The highest BCUT2D eigenvalue weighted by molar-refractivity contribution is 6.30. The molecule has 162 valence electrons. The van der Waals surface area contributed by atoms with Crippen LogP contribution in [0.5, 0.6) is 0 Å². The highest BCUT2D eigenvalue weighted by atomic mass is 35.5. The number of benzene rings is 1. The Labute approximate surface area is 177 Å². The van der Waals surface area contributed by atoms with Crippen molar-refractivity contribution in [1.82, 2.24) is 4.90 Å². The van der Waals surface area contributed by atoms with Gasteiger partial charge in [0.15, 0.2) is 6.17 Å². The average molecular weight is 444 g/mol. The van der Waals surface area contributed by atoms with Crippen LogP contribution in [0.3, 0.4) is 0 Å². The fourth-order valence-corrected chi connectivity index (χ4v) is 3.89. The number of halogens is 5. The van der Waals surface area contributed by atoms with Gasteiger partial charge >= 0.3 is 6.18 Å². The van der Waals surface area contributed by atoms with Crippen LogP contribution in [0, 0.1) is 0 Å². The number of carbonyl (C=O) groups is 1. The number of hydrogen-bond acceptors (Lipinski definition) is 2. The van der Waals surface area contributed by atoms with Gasteiger partial charge in [0.2, 0.25) is 11.5 Å². The molecule has 30 heavy (non-hydrogen) atoms. The van der Waals surface area contributed by atoms with E-state index in [2.05, 4.69) is 0 Å². The number of carbonyl (C=O) groups excluding carboxylic acids is 1. The first-order valence-corrected chi connectivity index (χ1v) is 10.0. The molecule has 1 aliphatic heterocycles. The maximum absolute atomic E-state index is 13.6. The van der Waals surface area contributed by atoms with Gasteiger partial charge < -0.3 is 10.0 Å². The van der Waals surface area contributed by atoms with Gasteiger partial charge in [0, 0.05) is 17.3 Å². The van der Waals surface area contributed by atoms with Crippen molar-refractivity contribution in [2.45, 2.75) is 50.6 Å². The molecule has 0 bridgehead atoms. The molecule has 2 atom stereocenters. The first-order valence-electron chi connectivity index (χ1n) is 9.65. The maximum atomic E-state index is 13.6. The molecular formula is C22H22ClF4NO2. The Kier molecular flexibility index (Phi) is 6.43. The lowest BCUT2D eigenvalue weighted by Crippen LogP contribution is -2.58. The number of amides is 1. The van der Waals surface area contributed by atoms with Gasteiger partial charge in [-0.05, 0) is 61.1 Å². The molecule has 3 nitrogen and oxygen atoms in total.